The van der Waals surface area contributed by atoms with Gasteiger partial charge in [-0.05, 0) is 0 Å². The van der Waals surface area contributed by atoms with Gasteiger partial charge >= 0.3 is 6.18 Å². The summed E-state index contributed by atoms with van der Waals surface area (Å²) in [5.74, 6) is -0.546. The predicted molar refractivity (Wildman–Crippen MR) is 53.0 cm³/mol. The highest BCUT2D eigenvalue weighted by atomic mass is 19.4. The predicted octanol–water partition coefficient (Wildman–Crippen LogP) is 0.679. The van der Waals surface area contributed by atoms with Crippen molar-refractivity contribution in [3.8, 4) is 0 Å². The average Bonchev–Trinajstić information content (AvgIpc) is 2.10. The highest BCUT2D eigenvalue weighted by Gasteiger charge is 2.27. The first kappa shape index (κ1) is 15.2. The maximum absolute atomic E-state index is 11.6. The normalized spacial score (nSPS) is 11.9. The molecule has 0 aromatic heterocycles. The van der Waals surface area contributed by atoms with Gasteiger partial charge in [-0.15, -0.1) is 0 Å². The lowest BCUT2D eigenvalue weighted by Crippen LogP contribution is -2.36. The smallest absolute Gasteiger partial charge is 0.362 e. The van der Waals surface area contributed by atoms with E-state index in [2.05, 4.69) is 15.4 Å². The molecule has 0 aliphatic heterocycles. The third kappa shape index (κ3) is 11.3. The van der Waals surface area contributed by atoms with Crippen LogP contribution in [0.25, 0.3) is 0 Å². The van der Waals surface area contributed by atoms with Crippen LogP contribution in [-0.4, -0.2) is 44.4 Å². The van der Waals surface area contributed by atoms with E-state index in [1.807, 2.05) is 13.8 Å². The van der Waals surface area contributed by atoms with Crippen molar-refractivity contribution in [2.24, 2.45) is 0 Å². The van der Waals surface area contributed by atoms with Gasteiger partial charge in [0, 0.05) is 19.1 Å². The maximum Gasteiger partial charge on any atom is 0.411 e. The summed E-state index contributed by atoms with van der Waals surface area (Å²) in [5.41, 5.74) is 0. The van der Waals surface area contributed by atoms with Crippen LogP contribution in [0.4, 0.5) is 13.2 Å². The molecular weight excluding hydrogens is 225 g/mol. The lowest BCUT2D eigenvalue weighted by Gasteiger charge is -2.10. The molecule has 0 rings (SSSR count). The SMILES string of the molecule is CC(C)NCCNC(=O)COCC(F)(F)F. The molecule has 0 radical (unpaired) electrons. The molecule has 0 aromatic rings. The first-order valence-electron chi connectivity index (χ1n) is 4.96. The molecule has 16 heavy (non-hydrogen) atoms. The van der Waals surface area contributed by atoms with Gasteiger partial charge in [0.15, 0.2) is 0 Å². The highest BCUT2D eigenvalue weighted by molar-refractivity contribution is 5.77. The number of halogens is 3. The molecule has 2 N–H and O–H groups in total. The highest BCUT2D eigenvalue weighted by Crippen LogP contribution is 2.13. The van der Waals surface area contributed by atoms with E-state index in [-0.39, 0.29) is 0 Å². The minimum atomic E-state index is -4.39. The van der Waals surface area contributed by atoms with E-state index in [1.165, 1.54) is 0 Å². The Balaban J connectivity index is 3.39. The second-order valence-corrected chi connectivity index (χ2v) is 3.57. The molecular formula is C9H17F3N2O2. The third-order valence-electron chi connectivity index (χ3n) is 1.50. The summed E-state index contributed by atoms with van der Waals surface area (Å²) >= 11 is 0. The Morgan fingerprint density at radius 3 is 2.44 bits per heavy atom. The third-order valence-corrected chi connectivity index (χ3v) is 1.50. The quantitative estimate of drug-likeness (QED) is 0.645. The second kappa shape index (κ2) is 7.45. The Hall–Kier alpha value is -0.820. The van der Waals surface area contributed by atoms with Crippen molar-refractivity contribution in [1.82, 2.24) is 10.6 Å². The fraction of sp³-hybridized carbons (Fsp3) is 0.889. The Kier molecular flexibility index (Phi) is 7.07. The number of nitrogens with one attached hydrogen (secondary N) is 2. The molecule has 0 aliphatic rings. The Bertz CT molecular complexity index is 207. The number of rotatable bonds is 7. The summed E-state index contributed by atoms with van der Waals surface area (Å²) in [6.45, 7) is 2.88. The Labute approximate surface area is 92.5 Å². The van der Waals surface area contributed by atoms with Gasteiger partial charge in [-0.1, -0.05) is 13.8 Å². The summed E-state index contributed by atoms with van der Waals surface area (Å²) < 4.78 is 39.1. The number of carbonyl (C=O) groups excluding carboxylic acids is 1. The molecule has 0 unspecified atom stereocenters. The van der Waals surface area contributed by atoms with E-state index in [4.69, 9.17) is 0 Å². The van der Waals surface area contributed by atoms with Crippen LogP contribution in [0.2, 0.25) is 0 Å². The number of alkyl halides is 3. The fourth-order valence-corrected chi connectivity index (χ4v) is 0.873. The molecule has 0 aliphatic carbocycles. The molecule has 1 amide bonds. The summed E-state index contributed by atoms with van der Waals surface area (Å²) in [4.78, 5) is 10.9. The maximum atomic E-state index is 11.6. The molecule has 0 heterocycles. The molecule has 7 heteroatoms. The molecule has 0 saturated carbocycles. The van der Waals surface area contributed by atoms with Crippen molar-refractivity contribution in [3.05, 3.63) is 0 Å². The van der Waals surface area contributed by atoms with Crippen LogP contribution in [0, 0.1) is 0 Å². The van der Waals surface area contributed by atoms with Gasteiger partial charge in [-0.25, -0.2) is 0 Å². The fourth-order valence-electron chi connectivity index (χ4n) is 0.873. The van der Waals surface area contributed by atoms with Gasteiger partial charge in [0.1, 0.15) is 13.2 Å². The first-order valence-corrected chi connectivity index (χ1v) is 4.96. The zero-order valence-electron chi connectivity index (χ0n) is 9.36. The van der Waals surface area contributed by atoms with Crippen molar-refractivity contribution < 1.29 is 22.7 Å². The molecule has 0 bridgehead atoms. The lowest BCUT2D eigenvalue weighted by molar-refractivity contribution is -0.175. The average molecular weight is 242 g/mol. The van der Waals surface area contributed by atoms with Crippen molar-refractivity contribution >= 4 is 5.91 Å². The van der Waals surface area contributed by atoms with Crippen LogP contribution in [0.15, 0.2) is 0 Å². The van der Waals surface area contributed by atoms with E-state index in [1.54, 1.807) is 0 Å². The van der Waals surface area contributed by atoms with Crippen LogP contribution < -0.4 is 10.6 Å². The van der Waals surface area contributed by atoms with Gasteiger partial charge < -0.3 is 15.4 Å². The number of hydrogen-bond donors (Lipinski definition) is 2. The van der Waals surface area contributed by atoms with E-state index in [0.29, 0.717) is 19.1 Å². The van der Waals surface area contributed by atoms with Crippen LogP contribution in [0.3, 0.4) is 0 Å². The van der Waals surface area contributed by atoms with Gasteiger partial charge in [-0.2, -0.15) is 13.2 Å². The van der Waals surface area contributed by atoms with Crippen molar-refractivity contribution in [2.75, 3.05) is 26.3 Å². The summed E-state index contributed by atoms with van der Waals surface area (Å²) in [6, 6.07) is 0.304. The molecule has 0 fully saturated rings. The van der Waals surface area contributed by atoms with E-state index < -0.39 is 25.3 Å². The standard InChI is InChI=1S/C9H17F3N2O2/c1-7(2)13-3-4-14-8(15)5-16-6-9(10,11)12/h7,13H,3-6H2,1-2H3,(H,14,15). The van der Waals surface area contributed by atoms with Crippen LogP contribution in [0.5, 0.6) is 0 Å². The van der Waals surface area contributed by atoms with Crippen LogP contribution in [-0.2, 0) is 9.53 Å². The molecule has 0 aromatic carbocycles. The Morgan fingerprint density at radius 1 is 1.31 bits per heavy atom. The van der Waals surface area contributed by atoms with Crippen molar-refractivity contribution in [2.45, 2.75) is 26.1 Å². The largest absolute Gasteiger partial charge is 0.411 e. The summed E-state index contributed by atoms with van der Waals surface area (Å²) in [6.07, 6.45) is -4.39. The van der Waals surface area contributed by atoms with E-state index in [0.717, 1.165) is 0 Å². The van der Waals surface area contributed by atoms with Crippen molar-refractivity contribution in [3.63, 3.8) is 0 Å². The van der Waals surface area contributed by atoms with Crippen LogP contribution >= 0.6 is 0 Å². The van der Waals surface area contributed by atoms with Gasteiger partial charge in [0.05, 0.1) is 0 Å². The van der Waals surface area contributed by atoms with Crippen molar-refractivity contribution in [1.29, 1.82) is 0 Å². The number of amides is 1. The monoisotopic (exact) mass is 242 g/mol. The number of ether oxygens (including phenoxy) is 1. The minimum Gasteiger partial charge on any atom is -0.362 e. The molecule has 96 valence electrons. The topological polar surface area (TPSA) is 50.4 Å². The zero-order valence-corrected chi connectivity index (χ0v) is 9.36. The van der Waals surface area contributed by atoms with E-state index >= 15 is 0 Å². The molecule has 0 atom stereocenters. The second-order valence-electron chi connectivity index (χ2n) is 3.57. The molecule has 0 spiro atoms. The molecule has 0 saturated heterocycles. The minimum absolute atomic E-state index is 0.304. The van der Waals surface area contributed by atoms with Crippen LogP contribution in [0.1, 0.15) is 13.8 Å². The summed E-state index contributed by atoms with van der Waals surface area (Å²) in [5, 5.41) is 5.48. The number of hydrogen-bond acceptors (Lipinski definition) is 3. The number of carbonyl (C=O) groups is 1. The molecule has 4 nitrogen and oxygen atoms in total. The Morgan fingerprint density at radius 2 is 1.94 bits per heavy atom. The zero-order chi connectivity index (χ0) is 12.6. The first-order chi connectivity index (χ1) is 7.31. The van der Waals surface area contributed by atoms with Gasteiger partial charge in [0.2, 0.25) is 5.91 Å². The van der Waals surface area contributed by atoms with Gasteiger partial charge in [0.25, 0.3) is 0 Å². The summed E-state index contributed by atoms with van der Waals surface area (Å²) in [7, 11) is 0. The van der Waals surface area contributed by atoms with Gasteiger partial charge in [-0.3, -0.25) is 4.79 Å². The lowest BCUT2D eigenvalue weighted by atomic mass is 10.4. The van der Waals surface area contributed by atoms with E-state index in [9.17, 15) is 18.0 Å².